The molecule has 2 nitrogen and oxygen atoms in total. The molecule has 0 radical (unpaired) electrons. The second kappa shape index (κ2) is 7.38. The van der Waals surface area contributed by atoms with E-state index in [0.29, 0.717) is 0 Å². The van der Waals surface area contributed by atoms with E-state index < -0.39 is 0 Å². The van der Waals surface area contributed by atoms with Gasteiger partial charge < -0.3 is 0 Å². The van der Waals surface area contributed by atoms with Crippen LogP contribution in [0.4, 0.5) is 0 Å². The molecular weight excluding hydrogens is 112 g/mol. The van der Waals surface area contributed by atoms with Crippen LogP contribution < -0.4 is 0 Å². The zero-order chi connectivity index (χ0) is 6.95. The van der Waals surface area contributed by atoms with Crippen LogP contribution in [0.25, 0.3) is 0 Å². The lowest BCUT2D eigenvalue weighted by molar-refractivity contribution is 0.676. The lowest BCUT2D eigenvalue weighted by atomic mass is 10.2. The summed E-state index contributed by atoms with van der Waals surface area (Å²) in [6.45, 7) is 2.96. The molecule has 0 fully saturated rings. The Morgan fingerprint density at radius 3 is 2.67 bits per heavy atom. The average molecular weight is 126 g/mol. The highest BCUT2D eigenvalue weighted by atomic mass is 14.7. The first kappa shape index (κ1) is 8.38. The van der Waals surface area contributed by atoms with Crippen molar-refractivity contribution < 1.29 is 0 Å². The molecule has 9 heavy (non-hydrogen) atoms. The van der Waals surface area contributed by atoms with E-state index in [9.17, 15) is 0 Å². The summed E-state index contributed by atoms with van der Waals surface area (Å²) in [4.78, 5) is 3.66. The van der Waals surface area contributed by atoms with Crippen molar-refractivity contribution in [2.75, 3.05) is 6.54 Å². The van der Waals surface area contributed by atoms with Crippen molar-refractivity contribution in [3.8, 4) is 0 Å². The van der Waals surface area contributed by atoms with E-state index in [4.69, 9.17) is 5.41 Å². The summed E-state index contributed by atoms with van der Waals surface area (Å²) in [7, 11) is 0. The molecule has 0 unspecified atom stereocenters. The molecule has 0 aromatic heterocycles. The maximum absolute atomic E-state index is 6.47. The molecule has 0 saturated carbocycles. The van der Waals surface area contributed by atoms with E-state index in [0.717, 1.165) is 13.0 Å². The van der Waals surface area contributed by atoms with Gasteiger partial charge in [0, 0.05) is 6.54 Å². The van der Waals surface area contributed by atoms with E-state index >= 15 is 0 Å². The summed E-state index contributed by atoms with van der Waals surface area (Å²) in [5.74, 6) is 0. The number of hydrogen-bond donors (Lipinski definition) is 1. The predicted molar refractivity (Wildman–Crippen MR) is 39.2 cm³/mol. The first-order chi connectivity index (χ1) is 4.41. The summed E-state index contributed by atoms with van der Waals surface area (Å²) < 4.78 is 0. The minimum Gasteiger partial charge on any atom is -0.242 e. The summed E-state index contributed by atoms with van der Waals surface area (Å²) in [5, 5.41) is 6.47. The summed E-state index contributed by atoms with van der Waals surface area (Å²) in [6.07, 6.45) is 4.89. The molecule has 0 bridgehead atoms. The third-order valence-electron chi connectivity index (χ3n) is 1.20. The molecule has 0 aliphatic carbocycles. The molecule has 0 atom stereocenters. The lowest BCUT2D eigenvalue weighted by Crippen LogP contribution is -1.79. The molecule has 0 aromatic rings. The first-order valence-electron chi connectivity index (χ1n) is 3.50. The number of unbranched alkanes of at least 4 members (excludes halogenated alkanes) is 3. The quantitative estimate of drug-likeness (QED) is 0.433. The number of aliphatic imine (C=N–C) groups is 1. The Balaban J connectivity index is 2.82. The number of rotatable bonds is 5. The van der Waals surface area contributed by atoms with Crippen LogP contribution in [0.15, 0.2) is 4.99 Å². The van der Waals surface area contributed by atoms with Crippen molar-refractivity contribution >= 4 is 6.01 Å². The van der Waals surface area contributed by atoms with Gasteiger partial charge in [0.15, 0.2) is 0 Å². The van der Waals surface area contributed by atoms with Gasteiger partial charge in [0.05, 0.1) is 6.01 Å². The Kier molecular flexibility index (Phi) is 6.87. The molecule has 0 rings (SSSR count). The standard InChI is InChI=1S/C7H14N2/c1-2-3-4-5-6-9-7-8/h8H,2-6H2,1H3. The zero-order valence-corrected chi connectivity index (χ0v) is 5.98. The lowest BCUT2D eigenvalue weighted by Gasteiger charge is -1.91. The van der Waals surface area contributed by atoms with Gasteiger partial charge in [-0.1, -0.05) is 26.2 Å². The van der Waals surface area contributed by atoms with Gasteiger partial charge in [-0.25, -0.2) is 10.4 Å². The second-order valence-corrected chi connectivity index (χ2v) is 2.05. The van der Waals surface area contributed by atoms with Crippen LogP contribution in [0, 0.1) is 5.41 Å². The normalized spacial score (nSPS) is 8.56. The third-order valence-corrected chi connectivity index (χ3v) is 1.20. The summed E-state index contributed by atoms with van der Waals surface area (Å²) >= 11 is 0. The Morgan fingerprint density at radius 1 is 1.33 bits per heavy atom. The summed E-state index contributed by atoms with van der Waals surface area (Å²) in [6, 6.07) is 2.02. The Labute approximate surface area is 56.5 Å². The fourth-order valence-electron chi connectivity index (χ4n) is 0.674. The van der Waals surface area contributed by atoms with E-state index in [1.807, 2.05) is 6.01 Å². The van der Waals surface area contributed by atoms with Crippen molar-refractivity contribution in [1.82, 2.24) is 0 Å². The molecule has 0 heterocycles. The highest BCUT2D eigenvalue weighted by Crippen LogP contribution is 1.97. The number of nitrogens with zero attached hydrogens (tertiary/aromatic N) is 1. The average Bonchev–Trinajstić information content (AvgIpc) is 1.89. The van der Waals surface area contributed by atoms with Crippen LogP contribution in [0.3, 0.4) is 0 Å². The van der Waals surface area contributed by atoms with Gasteiger partial charge >= 0.3 is 0 Å². The van der Waals surface area contributed by atoms with Gasteiger partial charge in [0.2, 0.25) is 0 Å². The maximum atomic E-state index is 6.47. The topological polar surface area (TPSA) is 36.2 Å². The molecule has 0 aliphatic heterocycles. The minimum absolute atomic E-state index is 0.781. The van der Waals surface area contributed by atoms with Gasteiger partial charge in [-0.15, -0.1) is 0 Å². The van der Waals surface area contributed by atoms with Crippen LogP contribution in [0.2, 0.25) is 0 Å². The molecular formula is C7H14N2. The second-order valence-electron chi connectivity index (χ2n) is 2.05. The Bertz CT molecular complexity index is 93.1. The van der Waals surface area contributed by atoms with Crippen LogP contribution in [-0.4, -0.2) is 12.6 Å². The monoisotopic (exact) mass is 126 g/mol. The van der Waals surface area contributed by atoms with Gasteiger partial charge in [0.25, 0.3) is 0 Å². The molecule has 0 spiro atoms. The van der Waals surface area contributed by atoms with Gasteiger partial charge in [0.1, 0.15) is 0 Å². The van der Waals surface area contributed by atoms with Crippen LogP contribution in [0.1, 0.15) is 32.6 Å². The van der Waals surface area contributed by atoms with Crippen molar-refractivity contribution in [2.45, 2.75) is 32.6 Å². The number of hydrogen-bond acceptors (Lipinski definition) is 2. The highest BCUT2D eigenvalue weighted by molar-refractivity contribution is 5.35. The minimum atomic E-state index is 0.781. The maximum Gasteiger partial charge on any atom is 0.0861 e. The predicted octanol–water partition coefficient (Wildman–Crippen LogP) is 2.32. The fourth-order valence-corrected chi connectivity index (χ4v) is 0.674. The Morgan fingerprint density at radius 2 is 2.11 bits per heavy atom. The van der Waals surface area contributed by atoms with Crippen LogP contribution in [0.5, 0.6) is 0 Å². The molecule has 1 N–H and O–H groups in total. The van der Waals surface area contributed by atoms with E-state index in [1.54, 1.807) is 0 Å². The first-order valence-corrected chi connectivity index (χ1v) is 3.50. The Hall–Kier alpha value is -0.620. The van der Waals surface area contributed by atoms with Crippen LogP contribution >= 0.6 is 0 Å². The molecule has 0 amide bonds. The van der Waals surface area contributed by atoms with Crippen molar-refractivity contribution in [1.29, 1.82) is 5.41 Å². The van der Waals surface area contributed by atoms with Gasteiger partial charge in [-0.05, 0) is 6.42 Å². The third kappa shape index (κ3) is 7.38. The SMILES string of the molecule is CCCCCCN=C=N. The zero-order valence-electron chi connectivity index (χ0n) is 5.98. The van der Waals surface area contributed by atoms with Crippen molar-refractivity contribution in [2.24, 2.45) is 4.99 Å². The largest absolute Gasteiger partial charge is 0.242 e. The molecule has 0 saturated heterocycles. The van der Waals surface area contributed by atoms with Gasteiger partial charge in [-0.2, -0.15) is 0 Å². The van der Waals surface area contributed by atoms with E-state index in [-0.39, 0.29) is 0 Å². The molecule has 2 heteroatoms. The van der Waals surface area contributed by atoms with Crippen molar-refractivity contribution in [3.63, 3.8) is 0 Å². The molecule has 0 aromatic carbocycles. The van der Waals surface area contributed by atoms with Crippen LogP contribution in [-0.2, 0) is 0 Å². The van der Waals surface area contributed by atoms with E-state index in [2.05, 4.69) is 11.9 Å². The van der Waals surface area contributed by atoms with Gasteiger partial charge in [-0.3, -0.25) is 0 Å². The fraction of sp³-hybridized carbons (Fsp3) is 0.857. The number of nitrogens with one attached hydrogen (secondary N) is 1. The van der Waals surface area contributed by atoms with E-state index in [1.165, 1.54) is 19.3 Å². The smallest absolute Gasteiger partial charge is 0.0861 e. The molecule has 52 valence electrons. The highest BCUT2D eigenvalue weighted by Gasteiger charge is 1.83. The summed E-state index contributed by atoms with van der Waals surface area (Å²) in [5.41, 5.74) is 0. The molecule has 0 aliphatic rings. The van der Waals surface area contributed by atoms with Crippen molar-refractivity contribution in [3.05, 3.63) is 0 Å².